The maximum Gasteiger partial charge on any atom is 0.236 e. The Morgan fingerprint density at radius 2 is 1.93 bits per heavy atom. The number of nitrogens with zero attached hydrogens (tertiary/aromatic N) is 8. The number of piperazine rings is 1. The summed E-state index contributed by atoms with van der Waals surface area (Å²) in [6.45, 7) is 6.76. The summed E-state index contributed by atoms with van der Waals surface area (Å²) in [6.07, 6.45) is -0.396. The number of fused-ring (bicyclic) bond motifs is 1. The average molecular weight is 609 g/mol. The number of aryl methyl sites for hydroxylation is 1. The van der Waals surface area contributed by atoms with Crippen molar-refractivity contribution in [2.75, 3.05) is 62.7 Å². The van der Waals surface area contributed by atoms with Gasteiger partial charge >= 0.3 is 0 Å². The number of amides is 1. The van der Waals surface area contributed by atoms with Crippen molar-refractivity contribution < 1.29 is 14.3 Å². The third-order valence-corrected chi connectivity index (χ3v) is 9.13. The second kappa shape index (κ2) is 11.5. The van der Waals surface area contributed by atoms with Gasteiger partial charge in [0.15, 0.2) is 5.13 Å². The molecule has 2 aromatic carbocycles. The van der Waals surface area contributed by atoms with Crippen LogP contribution >= 0.6 is 22.9 Å². The van der Waals surface area contributed by atoms with E-state index in [-0.39, 0.29) is 11.7 Å². The monoisotopic (exact) mass is 608 g/mol. The summed E-state index contributed by atoms with van der Waals surface area (Å²) < 4.78 is 15.4. The van der Waals surface area contributed by atoms with Gasteiger partial charge in [-0.1, -0.05) is 22.9 Å². The topological polar surface area (TPSA) is 105 Å². The molecule has 2 fully saturated rings. The summed E-state index contributed by atoms with van der Waals surface area (Å²) >= 11 is 8.06. The van der Waals surface area contributed by atoms with E-state index >= 15 is 0 Å². The molecule has 0 unspecified atom stereocenters. The largest absolute Gasteiger partial charge is 0.389 e. The van der Waals surface area contributed by atoms with Crippen LogP contribution in [0.3, 0.4) is 0 Å². The molecular weight excluding hydrogens is 579 g/mol. The van der Waals surface area contributed by atoms with E-state index in [9.17, 15) is 19.6 Å². The van der Waals surface area contributed by atoms with Gasteiger partial charge in [0.25, 0.3) is 0 Å². The molecule has 0 atom stereocenters. The number of β-amino-alcohol motifs (C(OH)–C–C–N with tert-alkyl or cyclic N) is 1. The summed E-state index contributed by atoms with van der Waals surface area (Å²) in [7, 11) is 1.89. The van der Waals surface area contributed by atoms with E-state index in [0.29, 0.717) is 58.0 Å². The Balaban J connectivity index is 1.27. The quantitative estimate of drug-likeness (QED) is 0.337. The lowest BCUT2D eigenvalue weighted by molar-refractivity contribution is -0.142. The molecule has 2 aliphatic heterocycles. The molecule has 1 N–H and O–H groups in total. The molecule has 6 rings (SSSR count). The van der Waals surface area contributed by atoms with E-state index in [1.807, 2.05) is 29.6 Å². The van der Waals surface area contributed by atoms with Crippen molar-refractivity contribution in [3.63, 3.8) is 0 Å². The van der Waals surface area contributed by atoms with Crippen LogP contribution in [0.5, 0.6) is 0 Å². The highest BCUT2D eigenvalue weighted by atomic mass is 35.5. The molecule has 2 aromatic heterocycles. The van der Waals surface area contributed by atoms with Crippen molar-refractivity contribution in [3.8, 4) is 17.3 Å². The van der Waals surface area contributed by atoms with Crippen molar-refractivity contribution >= 4 is 56.4 Å². The third-order valence-electron chi connectivity index (χ3n) is 7.80. The van der Waals surface area contributed by atoms with Crippen LogP contribution < -0.4 is 9.80 Å². The third kappa shape index (κ3) is 5.29. The van der Waals surface area contributed by atoms with Gasteiger partial charge in [0.2, 0.25) is 5.91 Å². The molecule has 4 aromatic rings. The van der Waals surface area contributed by atoms with E-state index < -0.39 is 6.10 Å². The standard InChI is InChI=1S/C29H30ClFN8O2S/c1-3-39-28(35(2)29-33-26(24(14-32)42-29)18-4-6-19(31)7-5-18)22-12-20(13-23(30)27(22)34-39)37-10-8-36(9-11-37)17-25(41)38-15-21(40)16-38/h4-7,12-13,21,40H,3,8-11,15-17H2,1-2H3. The molecule has 1 amide bonds. The van der Waals surface area contributed by atoms with Crippen molar-refractivity contribution in [3.05, 3.63) is 52.1 Å². The Kier molecular flexibility index (Phi) is 7.76. The number of nitriles is 1. The SMILES string of the molecule is CCn1nc2c(Cl)cc(N3CCN(CC(=O)N4CC(O)C4)CC3)cc2c1N(C)c1nc(-c2ccc(F)cc2)c(C#N)s1. The van der Waals surface area contributed by atoms with E-state index in [4.69, 9.17) is 21.7 Å². The van der Waals surface area contributed by atoms with Crippen LogP contribution in [0.4, 0.5) is 21.0 Å². The fraction of sp³-hybridized carbons (Fsp3) is 0.379. The Labute approximate surface area is 251 Å². The first-order valence-electron chi connectivity index (χ1n) is 13.8. The summed E-state index contributed by atoms with van der Waals surface area (Å²) in [6, 6.07) is 12.2. The molecule has 0 bridgehead atoms. The molecule has 10 nitrogen and oxygen atoms in total. The zero-order valence-corrected chi connectivity index (χ0v) is 24.9. The number of hydrogen-bond acceptors (Lipinski definition) is 9. The lowest BCUT2D eigenvalue weighted by Gasteiger charge is -2.39. The highest BCUT2D eigenvalue weighted by Crippen LogP contribution is 2.40. The molecule has 42 heavy (non-hydrogen) atoms. The summed E-state index contributed by atoms with van der Waals surface area (Å²) in [4.78, 5) is 25.7. The van der Waals surface area contributed by atoms with E-state index in [2.05, 4.69) is 21.9 Å². The highest BCUT2D eigenvalue weighted by Gasteiger charge is 2.31. The molecular formula is C29H30ClFN8O2S. The number of likely N-dealkylation sites (tertiary alicyclic amines) is 1. The summed E-state index contributed by atoms with van der Waals surface area (Å²) in [5, 5.41) is 26.1. The number of aromatic nitrogens is 3. The number of benzene rings is 2. The van der Waals surface area contributed by atoms with Gasteiger partial charge in [-0.2, -0.15) is 10.4 Å². The summed E-state index contributed by atoms with van der Waals surface area (Å²) in [5.41, 5.74) is 2.84. The van der Waals surface area contributed by atoms with Crippen molar-refractivity contribution in [1.82, 2.24) is 24.6 Å². The molecule has 13 heteroatoms. The highest BCUT2D eigenvalue weighted by molar-refractivity contribution is 7.16. The predicted molar refractivity (Wildman–Crippen MR) is 162 cm³/mol. The van der Waals surface area contributed by atoms with Gasteiger partial charge in [0, 0.05) is 69.5 Å². The molecule has 2 aliphatic rings. The first-order chi connectivity index (χ1) is 20.2. The zero-order valence-electron chi connectivity index (χ0n) is 23.3. The van der Waals surface area contributed by atoms with Gasteiger partial charge < -0.3 is 19.8 Å². The van der Waals surface area contributed by atoms with Crippen LogP contribution in [-0.4, -0.2) is 94.5 Å². The van der Waals surface area contributed by atoms with Gasteiger partial charge in [-0.05, 0) is 43.3 Å². The number of aliphatic hydroxyl groups is 1. The predicted octanol–water partition coefficient (Wildman–Crippen LogP) is 3.94. The van der Waals surface area contributed by atoms with Crippen LogP contribution in [-0.2, 0) is 11.3 Å². The molecule has 0 saturated carbocycles. The Morgan fingerprint density at radius 3 is 2.57 bits per heavy atom. The van der Waals surface area contributed by atoms with Gasteiger partial charge in [-0.15, -0.1) is 0 Å². The molecule has 0 spiro atoms. The Hall–Kier alpha value is -3.76. The van der Waals surface area contributed by atoms with Crippen molar-refractivity contribution in [1.29, 1.82) is 5.26 Å². The number of carbonyl (C=O) groups is 1. The van der Waals surface area contributed by atoms with Crippen molar-refractivity contribution in [2.45, 2.75) is 19.6 Å². The molecule has 0 radical (unpaired) electrons. The summed E-state index contributed by atoms with van der Waals surface area (Å²) in [5.74, 6) is 0.515. The number of rotatable bonds is 7. The minimum atomic E-state index is -0.396. The number of aliphatic hydroxyl groups excluding tert-OH is 1. The van der Waals surface area contributed by atoms with Gasteiger partial charge in [0.1, 0.15) is 33.8 Å². The Bertz CT molecular complexity index is 1670. The molecule has 4 heterocycles. The smallest absolute Gasteiger partial charge is 0.236 e. The second-order valence-electron chi connectivity index (χ2n) is 10.5. The zero-order chi connectivity index (χ0) is 29.5. The van der Waals surface area contributed by atoms with Gasteiger partial charge in [-0.3, -0.25) is 9.69 Å². The first-order valence-corrected chi connectivity index (χ1v) is 15.0. The number of hydrogen-bond donors (Lipinski definition) is 1. The van der Waals surface area contributed by atoms with Crippen LogP contribution in [0.25, 0.3) is 22.2 Å². The number of halogens is 2. The minimum Gasteiger partial charge on any atom is -0.389 e. The van der Waals surface area contributed by atoms with E-state index in [0.717, 1.165) is 43.1 Å². The maximum absolute atomic E-state index is 13.5. The molecule has 0 aliphatic carbocycles. The Morgan fingerprint density at radius 1 is 1.21 bits per heavy atom. The van der Waals surface area contributed by atoms with Crippen LogP contribution in [0.2, 0.25) is 5.02 Å². The van der Waals surface area contributed by atoms with Crippen LogP contribution in [0.1, 0.15) is 11.8 Å². The lowest BCUT2D eigenvalue weighted by Crippen LogP contribution is -2.57. The van der Waals surface area contributed by atoms with Crippen molar-refractivity contribution in [2.24, 2.45) is 0 Å². The maximum atomic E-state index is 13.5. The van der Waals surface area contributed by atoms with Crippen LogP contribution in [0.15, 0.2) is 36.4 Å². The van der Waals surface area contributed by atoms with Crippen LogP contribution in [0, 0.1) is 17.1 Å². The van der Waals surface area contributed by atoms with E-state index in [1.165, 1.54) is 23.5 Å². The first kappa shape index (κ1) is 28.4. The van der Waals surface area contributed by atoms with Gasteiger partial charge in [0.05, 0.1) is 17.7 Å². The number of thiazole rings is 1. The fourth-order valence-corrected chi connectivity index (χ4v) is 6.56. The number of anilines is 3. The molecule has 218 valence electrons. The molecule has 2 saturated heterocycles. The van der Waals surface area contributed by atoms with Gasteiger partial charge in [-0.25, -0.2) is 14.1 Å². The number of carbonyl (C=O) groups excluding carboxylic acids is 1. The second-order valence-corrected chi connectivity index (χ2v) is 11.9. The lowest BCUT2D eigenvalue weighted by atomic mass is 10.1. The average Bonchev–Trinajstić information content (AvgIpc) is 3.58. The normalized spacial score (nSPS) is 16.1. The minimum absolute atomic E-state index is 0.0576. The van der Waals surface area contributed by atoms with E-state index in [1.54, 1.807) is 17.0 Å². The fourth-order valence-electron chi connectivity index (χ4n) is 5.46.